The van der Waals surface area contributed by atoms with E-state index in [1.807, 2.05) is 26.0 Å². The van der Waals surface area contributed by atoms with Crippen LogP contribution in [0.1, 0.15) is 30.3 Å². The number of carboxylic acid groups (broad SMARTS) is 1. The molecule has 6 nitrogen and oxygen atoms in total. The molecule has 2 rings (SSSR count). The number of aryl methyl sites for hydroxylation is 1. The Morgan fingerprint density at radius 3 is 2.52 bits per heavy atom. The van der Waals surface area contributed by atoms with Gasteiger partial charge in [-0.2, -0.15) is 5.10 Å². The molecule has 134 valence electrons. The van der Waals surface area contributed by atoms with Crippen LogP contribution in [0.15, 0.2) is 24.3 Å². The van der Waals surface area contributed by atoms with E-state index in [-0.39, 0.29) is 24.7 Å². The SMILES string of the molecule is Cc1nn(-c2ccc(Cl)cc2)c(C)c1CC(=O)NCC(C)CC(=O)O. The molecule has 1 atom stereocenters. The Morgan fingerprint density at radius 1 is 1.28 bits per heavy atom. The van der Waals surface area contributed by atoms with E-state index in [0.717, 1.165) is 22.6 Å². The van der Waals surface area contributed by atoms with Crippen molar-refractivity contribution >= 4 is 23.5 Å². The Kier molecular flexibility index (Phi) is 6.20. The van der Waals surface area contributed by atoms with Gasteiger partial charge in [-0.3, -0.25) is 9.59 Å². The van der Waals surface area contributed by atoms with Crippen LogP contribution in [-0.2, 0) is 16.0 Å². The fourth-order valence-corrected chi connectivity index (χ4v) is 2.77. The topological polar surface area (TPSA) is 84.2 Å². The van der Waals surface area contributed by atoms with Crippen molar-refractivity contribution < 1.29 is 14.7 Å². The van der Waals surface area contributed by atoms with Gasteiger partial charge in [0.05, 0.1) is 17.8 Å². The molecule has 0 bridgehead atoms. The van der Waals surface area contributed by atoms with Crippen LogP contribution in [0.5, 0.6) is 0 Å². The Balaban J connectivity index is 2.06. The standard InChI is InChI=1S/C18H22ClN3O3/c1-11(8-18(24)25)10-20-17(23)9-16-12(2)21-22(13(16)3)15-6-4-14(19)5-7-15/h4-7,11H,8-10H2,1-3H3,(H,20,23)(H,24,25). The third-order valence-electron chi connectivity index (χ3n) is 4.02. The molecule has 0 saturated carbocycles. The second-order valence-electron chi connectivity index (χ2n) is 6.22. The number of aliphatic carboxylic acids is 1. The van der Waals surface area contributed by atoms with Gasteiger partial charge in [0.1, 0.15) is 0 Å². The first-order valence-electron chi connectivity index (χ1n) is 8.07. The average Bonchev–Trinajstić information content (AvgIpc) is 2.81. The fraction of sp³-hybridized carbons (Fsp3) is 0.389. The molecule has 0 aliphatic rings. The fourth-order valence-electron chi connectivity index (χ4n) is 2.65. The van der Waals surface area contributed by atoms with E-state index < -0.39 is 5.97 Å². The van der Waals surface area contributed by atoms with Crippen LogP contribution < -0.4 is 5.32 Å². The lowest BCUT2D eigenvalue weighted by Crippen LogP contribution is -2.30. The zero-order chi connectivity index (χ0) is 18.6. The average molecular weight is 364 g/mol. The van der Waals surface area contributed by atoms with Crippen LogP contribution in [0.3, 0.4) is 0 Å². The first-order valence-corrected chi connectivity index (χ1v) is 8.45. The van der Waals surface area contributed by atoms with Crippen molar-refractivity contribution in [1.29, 1.82) is 0 Å². The highest BCUT2D eigenvalue weighted by molar-refractivity contribution is 6.30. The molecule has 1 unspecified atom stereocenters. The lowest BCUT2D eigenvalue weighted by Gasteiger charge is -2.10. The van der Waals surface area contributed by atoms with Crippen LogP contribution in [0.2, 0.25) is 5.02 Å². The van der Waals surface area contributed by atoms with E-state index >= 15 is 0 Å². The van der Waals surface area contributed by atoms with E-state index in [9.17, 15) is 9.59 Å². The van der Waals surface area contributed by atoms with Crippen LogP contribution in [0.4, 0.5) is 0 Å². The molecule has 0 aliphatic heterocycles. The summed E-state index contributed by atoms with van der Waals surface area (Å²) in [5.74, 6) is -1.11. The highest BCUT2D eigenvalue weighted by Gasteiger charge is 2.16. The summed E-state index contributed by atoms with van der Waals surface area (Å²) in [7, 11) is 0. The predicted octanol–water partition coefficient (Wildman–Crippen LogP) is 2.91. The van der Waals surface area contributed by atoms with Crippen LogP contribution >= 0.6 is 11.6 Å². The third-order valence-corrected chi connectivity index (χ3v) is 4.27. The number of rotatable bonds is 7. The number of hydrogen-bond donors (Lipinski definition) is 2. The molecule has 1 heterocycles. The van der Waals surface area contributed by atoms with Gasteiger partial charge in [0, 0.05) is 29.2 Å². The summed E-state index contributed by atoms with van der Waals surface area (Å²) < 4.78 is 1.79. The van der Waals surface area contributed by atoms with Gasteiger partial charge in [0.15, 0.2) is 0 Å². The lowest BCUT2D eigenvalue weighted by atomic mass is 10.1. The van der Waals surface area contributed by atoms with Crippen molar-refractivity contribution in [2.75, 3.05) is 6.54 Å². The first kappa shape index (κ1) is 19.0. The van der Waals surface area contributed by atoms with Crippen molar-refractivity contribution in [3.8, 4) is 5.69 Å². The van der Waals surface area contributed by atoms with Crippen LogP contribution in [0.25, 0.3) is 5.69 Å². The van der Waals surface area contributed by atoms with Gasteiger partial charge in [-0.1, -0.05) is 18.5 Å². The molecule has 0 saturated heterocycles. The molecule has 2 aromatic rings. The first-order chi connectivity index (χ1) is 11.8. The van der Waals surface area contributed by atoms with Gasteiger partial charge in [0.2, 0.25) is 5.91 Å². The zero-order valence-corrected chi connectivity index (χ0v) is 15.3. The van der Waals surface area contributed by atoms with Crippen molar-refractivity contribution in [2.24, 2.45) is 5.92 Å². The molecule has 1 aromatic heterocycles. The maximum absolute atomic E-state index is 12.2. The van der Waals surface area contributed by atoms with E-state index in [1.165, 1.54) is 0 Å². The maximum Gasteiger partial charge on any atom is 0.303 e. The van der Waals surface area contributed by atoms with Gasteiger partial charge in [0.25, 0.3) is 0 Å². The van der Waals surface area contributed by atoms with Crippen LogP contribution in [-0.4, -0.2) is 33.3 Å². The minimum Gasteiger partial charge on any atom is -0.481 e. The highest BCUT2D eigenvalue weighted by Crippen LogP contribution is 2.20. The summed E-state index contributed by atoms with van der Waals surface area (Å²) in [4.78, 5) is 22.8. The number of aromatic nitrogens is 2. The van der Waals surface area contributed by atoms with E-state index in [2.05, 4.69) is 10.4 Å². The summed E-state index contributed by atoms with van der Waals surface area (Å²) in [5.41, 5.74) is 3.44. The maximum atomic E-state index is 12.2. The van der Waals surface area contributed by atoms with Crippen molar-refractivity contribution in [1.82, 2.24) is 15.1 Å². The van der Waals surface area contributed by atoms with Gasteiger partial charge in [-0.05, 0) is 44.0 Å². The number of carbonyl (C=O) groups is 2. The normalized spacial score (nSPS) is 12.0. The van der Waals surface area contributed by atoms with Gasteiger partial charge in [-0.25, -0.2) is 4.68 Å². The monoisotopic (exact) mass is 363 g/mol. The Bertz CT molecular complexity index is 769. The third kappa shape index (κ3) is 5.06. The number of amides is 1. The Morgan fingerprint density at radius 2 is 1.92 bits per heavy atom. The Labute approximate surface area is 151 Å². The van der Waals surface area contributed by atoms with Crippen molar-refractivity contribution in [3.05, 3.63) is 46.2 Å². The summed E-state index contributed by atoms with van der Waals surface area (Å²) in [6, 6.07) is 7.34. The number of nitrogens with one attached hydrogen (secondary N) is 1. The summed E-state index contributed by atoms with van der Waals surface area (Å²) in [5, 5.41) is 16.7. The lowest BCUT2D eigenvalue weighted by molar-refractivity contribution is -0.138. The number of carbonyl (C=O) groups excluding carboxylic acids is 1. The number of carboxylic acids is 1. The van der Waals surface area contributed by atoms with E-state index in [4.69, 9.17) is 16.7 Å². The predicted molar refractivity (Wildman–Crippen MR) is 96.2 cm³/mol. The number of benzene rings is 1. The largest absolute Gasteiger partial charge is 0.481 e. The van der Waals surface area contributed by atoms with Crippen molar-refractivity contribution in [3.63, 3.8) is 0 Å². The minimum atomic E-state index is -0.863. The molecule has 2 N–H and O–H groups in total. The smallest absolute Gasteiger partial charge is 0.303 e. The van der Waals surface area contributed by atoms with E-state index in [0.29, 0.717) is 11.6 Å². The van der Waals surface area contributed by atoms with E-state index in [1.54, 1.807) is 23.7 Å². The molecule has 1 aromatic carbocycles. The van der Waals surface area contributed by atoms with Gasteiger partial charge < -0.3 is 10.4 Å². The number of nitrogens with zero attached hydrogens (tertiary/aromatic N) is 2. The molecule has 0 aliphatic carbocycles. The quantitative estimate of drug-likeness (QED) is 0.792. The number of hydrogen-bond acceptors (Lipinski definition) is 3. The molecule has 0 fully saturated rings. The zero-order valence-electron chi connectivity index (χ0n) is 14.5. The molecular weight excluding hydrogens is 342 g/mol. The summed E-state index contributed by atoms with van der Waals surface area (Å²) in [6.07, 6.45) is 0.248. The van der Waals surface area contributed by atoms with Gasteiger partial charge >= 0.3 is 5.97 Å². The second-order valence-corrected chi connectivity index (χ2v) is 6.66. The summed E-state index contributed by atoms with van der Waals surface area (Å²) in [6.45, 7) is 5.93. The second kappa shape index (κ2) is 8.16. The molecule has 0 radical (unpaired) electrons. The molecule has 1 amide bonds. The molecule has 0 spiro atoms. The Hall–Kier alpha value is -2.34. The van der Waals surface area contributed by atoms with Crippen molar-refractivity contribution in [2.45, 2.75) is 33.6 Å². The highest BCUT2D eigenvalue weighted by atomic mass is 35.5. The van der Waals surface area contributed by atoms with Crippen LogP contribution in [0, 0.1) is 19.8 Å². The molecule has 7 heteroatoms. The van der Waals surface area contributed by atoms with Gasteiger partial charge in [-0.15, -0.1) is 0 Å². The summed E-state index contributed by atoms with van der Waals surface area (Å²) >= 11 is 5.92. The number of halogens is 1. The molecular formula is C18H22ClN3O3. The minimum absolute atomic E-state index is 0.0346. The molecule has 25 heavy (non-hydrogen) atoms.